The number of halogens is 2. The molecule has 1 amide bonds. The van der Waals surface area contributed by atoms with E-state index < -0.39 is 40.9 Å². The molecule has 1 aromatic heterocycles. The number of rotatable bonds is 5. The van der Waals surface area contributed by atoms with Gasteiger partial charge in [-0.15, -0.1) is 0 Å². The number of aliphatic hydroxyl groups is 2. The number of hydrogen-bond acceptors (Lipinski definition) is 6. The van der Waals surface area contributed by atoms with Gasteiger partial charge in [0.1, 0.15) is 18.0 Å². The summed E-state index contributed by atoms with van der Waals surface area (Å²) in [6, 6.07) is 9.72. The second-order valence-electron chi connectivity index (χ2n) is 6.25. The summed E-state index contributed by atoms with van der Waals surface area (Å²) in [5.74, 6) is -0.250. The van der Waals surface area contributed by atoms with Crippen molar-refractivity contribution in [2.45, 2.75) is 28.9 Å². The Kier molecular flexibility index (Phi) is 5.53. The molecule has 1 aromatic carbocycles. The van der Waals surface area contributed by atoms with Crippen LogP contribution in [0.2, 0.25) is 0 Å². The fourth-order valence-corrected chi connectivity index (χ4v) is 3.91. The molecule has 0 radical (unpaired) electrons. The number of ether oxygens (including phenoxy) is 1. The van der Waals surface area contributed by atoms with Gasteiger partial charge in [0.05, 0.1) is 6.61 Å². The van der Waals surface area contributed by atoms with E-state index in [9.17, 15) is 19.8 Å². The Morgan fingerprint density at radius 2 is 2.04 bits per heavy atom. The van der Waals surface area contributed by atoms with Crippen LogP contribution in [0.25, 0.3) is 0 Å². The van der Waals surface area contributed by atoms with Crippen LogP contribution in [-0.4, -0.2) is 54.4 Å². The molecule has 0 saturated carbocycles. The minimum Gasteiger partial charge on any atom is -0.465 e. The lowest BCUT2D eigenvalue weighted by molar-refractivity contribution is -0.141. The Morgan fingerprint density at radius 3 is 2.57 bits per heavy atom. The molecule has 4 atom stereocenters. The minimum absolute atomic E-state index is 0.184. The second kappa shape index (κ2) is 7.59. The van der Waals surface area contributed by atoms with Crippen molar-refractivity contribution >= 4 is 27.8 Å². The van der Waals surface area contributed by atoms with Gasteiger partial charge in [-0.25, -0.2) is 14.0 Å². The zero-order valence-electron chi connectivity index (χ0n) is 14.3. The van der Waals surface area contributed by atoms with Crippen molar-refractivity contribution in [1.82, 2.24) is 9.55 Å². The first-order chi connectivity index (χ1) is 13.2. The number of aromatic nitrogens is 2. The van der Waals surface area contributed by atoms with Crippen molar-refractivity contribution in [1.29, 1.82) is 0 Å². The lowest BCUT2D eigenvalue weighted by Crippen LogP contribution is -2.55. The number of alkyl halides is 2. The smallest absolute Gasteiger partial charge is 0.410 e. The van der Waals surface area contributed by atoms with Gasteiger partial charge in [-0.05, 0) is 27.6 Å². The molecule has 0 spiro atoms. The van der Waals surface area contributed by atoms with Crippen LogP contribution in [0.1, 0.15) is 5.56 Å². The fourth-order valence-electron chi connectivity index (χ4n) is 3.19. The Hall–Kier alpha value is -2.34. The zero-order valence-corrected chi connectivity index (χ0v) is 15.9. The summed E-state index contributed by atoms with van der Waals surface area (Å²) in [7, 11) is 0. The number of hydrogen-bond donors (Lipinski definition) is 4. The highest BCUT2D eigenvalue weighted by Crippen LogP contribution is 2.51. The van der Waals surface area contributed by atoms with Gasteiger partial charge in [0.15, 0.2) is 5.72 Å². The molecule has 1 saturated heterocycles. The lowest BCUT2D eigenvalue weighted by atomic mass is 9.95. The van der Waals surface area contributed by atoms with Crippen molar-refractivity contribution in [3.05, 3.63) is 58.6 Å². The monoisotopic (exact) mass is 457 g/mol. The standard InChI is InChI=1S/C17H17BrFN3O6/c18-17(19)13(24)11(9-23)28-16(17,8-10-4-2-1-3-5-10)22-7-6-12(20-14(22)25)21-15(26)27/h1-7,11,13,23-24H,8-9H2,(H,26,27)(H,20,21,25)/t11-,13-,16-,17-/m1/s1. The summed E-state index contributed by atoms with van der Waals surface area (Å²) in [5.41, 5.74) is -2.50. The molecule has 1 aliphatic heterocycles. The SMILES string of the molecule is O=C(O)Nc1ccn([C@]2(Cc3ccccc3)O[C@H](CO)[C@@H](O)[C@]2(F)Br)c(=O)n1. The molecule has 11 heteroatoms. The number of aliphatic hydroxyl groups excluding tert-OH is 2. The third kappa shape index (κ3) is 3.41. The third-order valence-electron chi connectivity index (χ3n) is 4.49. The van der Waals surface area contributed by atoms with Gasteiger partial charge in [0.2, 0.25) is 4.58 Å². The number of carboxylic acid groups (broad SMARTS) is 1. The molecule has 150 valence electrons. The second-order valence-corrected chi connectivity index (χ2v) is 7.40. The molecular formula is C17H17BrFN3O6. The predicted octanol–water partition coefficient (Wildman–Crippen LogP) is 1.04. The molecule has 0 aliphatic carbocycles. The number of amides is 1. The van der Waals surface area contributed by atoms with Crippen LogP contribution in [0.3, 0.4) is 0 Å². The van der Waals surface area contributed by atoms with E-state index in [1.165, 1.54) is 0 Å². The summed E-state index contributed by atoms with van der Waals surface area (Å²) in [6.45, 7) is -0.685. The predicted molar refractivity (Wildman–Crippen MR) is 99.0 cm³/mol. The van der Waals surface area contributed by atoms with Gasteiger partial charge in [0, 0.05) is 12.6 Å². The first-order valence-electron chi connectivity index (χ1n) is 8.20. The van der Waals surface area contributed by atoms with E-state index in [0.29, 0.717) is 5.56 Å². The Bertz CT molecular complexity index is 925. The van der Waals surface area contributed by atoms with Crippen LogP contribution in [0.4, 0.5) is 15.0 Å². The van der Waals surface area contributed by atoms with E-state index in [4.69, 9.17) is 9.84 Å². The van der Waals surface area contributed by atoms with Crippen molar-refractivity contribution in [3.8, 4) is 0 Å². The third-order valence-corrected chi connectivity index (χ3v) is 5.57. The van der Waals surface area contributed by atoms with Crippen molar-refractivity contribution in [2.75, 3.05) is 11.9 Å². The van der Waals surface area contributed by atoms with E-state index in [-0.39, 0.29) is 12.2 Å². The first-order valence-corrected chi connectivity index (χ1v) is 8.99. The normalized spacial score (nSPS) is 29.6. The number of carbonyl (C=O) groups is 1. The summed E-state index contributed by atoms with van der Waals surface area (Å²) < 4.78 is 19.6. The molecule has 1 fully saturated rings. The molecule has 0 unspecified atom stereocenters. The molecule has 4 N–H and O–H groups in total. The molecular weight excluding hydrogens is 441 g/mol. The maximum absolute atomic E-state index is 15.8. The highest BCUT2D eigenvalue weighted by Gasteiger charge is 2.67. The van der Waals surface area contributed by atoms with Crippen LogP contribution in [0, 0.1) is 0 Å². The quantitative estimate of drug-likeness (QED) is 0.492. The van der Waals surface area contributed by atoms with E-state index in [1.807, 2.05) is 5.32 Å². The summed E-state index contributed by atoms with van der Waals surface area (Å²) in [6.07, 6.45) is -3.58. The highest BCUT2D eigenvalue weighted by molar-refractivity contribution is 9.10. The zero-order chi connectivity index (χ0) is 20.5. The van der Waals surface area contributed by atoms with Gasteiger partial charge in [-0.1, -0.05) is 30.3 Å². The summed E-state index contributed by atoms with van der Waals surface area (Å²) in [4.78, 5) is 26.9. The van der Waals surface area contributed by atoms with Crippen molar-refractivity contribution in [3.63, 3.8) is 0 Å². The van der Waals surface area contributed by atoms with Crippen LogP contribution < -0.4 is 11.0 Å². The van der Waals surface area contributed by atoms with Crippen LogP contribution in [0.15, 0.2) is 47.4 Å². The highest BCUT2D eigenvalue weighted by atomic mass is 79.9. The van der Waals surface area contributed by atoms with Gasteiger partial charge < -0.3 is 20.1 Å². The van der Waals surface area contributed by atoms with Crippen molar-refractivity contribution in [2.24, 2.45) is 0 Å². The van der Waals surface area contributed by atoms with Gasteiger partial charge in [0.25, 0.3) is 0 Å². The Labute approximate surface area is 166 Å². The average molecular weight is 458 g/mol. The lowest BCUT2D eigenvalue weighted by Gasteiger charge is -2.37. The van der Waals surface area contributed by atoms with E-state index >= 15 is 4.39 Å². The molecule has 2 heterocycles. The maximum atomic E-state index is 15.8. The molecule has 3 rings (SSSR count). The van der Waals surface area contributed by atoms with Crippen LogP contribution in [0.5, 0.6) is 0 Å². The average Bonchev–Trinajstić information content (AvgIpc) is 2.83. The van der Waals surface area contributed by atoms with Crippen LogP contribution >= 0.6 is 15.9 Å². The molecule has 9 nitrogen and oxygen atoms in total. The minimum atomic E-state index is -2.66. The number of nitrogens with zero attached hydrogens (tertiary/aromatic N) is 2. The largest absolute Gasteiger partial charge is 0.465 e. The topological polar surface area (TPSA) is 134 Å². The number of benzene rings is 1. The van der Waals surface area contributed by atoms with E-state index in [0.717, 1.165) is 16.8 Å². The Morgan fingerprint density at radius 1 is 1.36 bits per heavy atom. The van der Waals surface area contributed by atoms with E-state index in [1.54, 1.807) is 30.3 Å². The van der Waals surface area contributed by atoms with Gasteiger partial charge in [-0.3, -0.25) is 9.88 Å². The molecule has 28 heavy (non-hydrogen) atoms. The molecule has 0 bridgehead atoms. The Balaban J connectivity index is 2.15. The van der Waals surface area contributed by atoms with Gasteiger partial charge >= 0.3 is 11.8 Å². The molecule has 1 aliphatic rings. The maximum Gasteiger partial charge on any atom is 0.410 e. The molecule has 2 aromatic rings. The number of nitrogens with one attached hydrogen (secondary N) is 1. The van der Waals surface area contributed by atoms with Crippen LogP contribution in [-0.2, 0) is 16.9 Å². The van der Waals surface area contributed by atoms with Crippen molar-refractivity contribution < 1.29 is 29.2 Å². The van der Waals surface area contributed by atoms with Gasteiger partial charge in [-0.2, -0.15) is 4.98 Å². The fraction of sp³-hybridized carbons (Fsp3) is 0.353. The summed E-state index contributed by atoms with van der Waals surface area (Å²) in [5, 5.41) is 30.5. The first kappa shape index (κ1) is 20.4. The summed E-state index contributed by atoms with van der Waals surface area (Å²) >= 11 is 2.85. The van der Waals surface area contributed by atoms with E-state index in [2.05, 4.69) is 20.9 Å². The number of anilines is 1.